The number of benzene rings is 1. The molecule has 13 heteroatoms. The summed E-state index contributed by atoms with van der Waals surface area (Å²) in [6.07, 6.45) is 3.75. The first-order chi connectivity index (χ1) is 18.5. The van der Waals surface area contributed by atoms with Crippen LogP contribution in [0.1, 0.15) is 16.9 Å². The number of nitrogens with one attached hydrogen (secondary N) is 2. The number of anilines is 2. The highest BCUT2D eigenvalue weighted by Crippen LogP contribution is 2.41. The number of ether oxygens (including phenoxy) is 3. The number of aromatic amines is 1. The van der Waals surface area contributed by atoms with E-state index in [2.05, 4.69) is 25.2 Å². The third-order valence-corrected chi connectivity index (χ3v) is 8.79. The Balaban J connectivity index is 1.38. The lowest BCUT2D eigenvalue weighted by molar-refractivity contribution is -0.605. The molecule has 0 amide bonds. The SMILES string of the molecule is COCCN(CCOC)C[N+](=O)C1CCc2c(sc3ncnc(Nc4cc5sc(=O)[nH]c5cc4OC)c23)C1. The van der Waals surface area contributed by atoms with Crippen molar-refractivity contribution in [1.29, 1.82) is 0 Å². The second kappa shape index (κ2) is 11.8. The van der Waals surface area contributed by atoms with Crippen LogP contribution in [0.3, 0.4) is 0 Å². The molecule has 3 aromatic heterocycles. The van der Waals surface area contributed by atoms with Gasteiger partial charge < -0.3 is 24.5 Å². The number of hydrogen-bond donors (Lipinski definition) is 2. The van der Waals surface area contributed by atoms with Gasteiger partial charge in [-0.1, -0.05) is 11.3 Å². The maximum atomic E-state index is 13.2. The zero-order chi connectivity index (χ0) is 26.6. The fraction of sp³-hybridized carbons (Fsp3) is 0.480. The quantitative estimate of drug-likeness (QED) is 0.198. The van der Waals surface area contributed by atoms with E-state index < -0.39 is 0 Å². The van der Waals surface area contributed by atoms with Crippen LogP contribution in [0.5, 0.6) is 5.75 Å². The Morgan fingerprint density at radius 2 is 1.95 bits per heavy atom. The molecule has 5 rings (SSSR count). The molecular weight excluding hydrogens is 528 g/mol. The lowest BCUT2D eigenvalue weighted by Gasteiger charge is -2.21. The fourth-order valence-electron chi connectivity index (χ4n) is 4.81. The van der Waals surface area contributed by atoms with Gasteiger partial charge >= 0.3 is 4.87 Å². The van der Waals surface area contributed by atoms with Crippen molar-refractivity contribution >= 4 is 54.6 Å². The van der Waals surface area contributed by atoms with Gasteiger partial charge in [0, 0.05) is 60.8 Å². The summed E-state index contributed by atoms with van der Waals surface area (Å²) in [4.78, 5) is 40.9. The maximum absolute atomic E-state index is 13.2. The van der Waals surface area contributed by atoms with Crippen LogP contribution >= 0.6 is 22.7 Å². The van der Waals surface area contributed by atoms with Gasteiger partial charge in [-0.15, -0.1) is 11.3 Å². The molecule has 1 aliphatic carbocycles. The number of rotatable bonds is 12. The number of nitroso groups, excluding NO2 is 1. The molecule has 0 aliphatic heterocycles. The number of thiazole rings is 1. The summed E-state index contributed by atoms with van der Waals surface area (Å²) >= 11 is 2.77. The highest BCUT2D eigenvalue weighted by molar-refractivity contribution is 7.19. The van der Waals surface area contributed by atoms with Crippen molar-refractivity contribution in [3.8, 4) is 5.75 Å². The smallest absolute Gasteiger partial charge is 0.305 e. The van der Waals surface area contributed by atoms with E-state index >= 15 is 0 Å². The minimum absolute atomic E-state index is 0.105. The first-order valence-electron chi connectivity index (χ1n) is 12.4. The summed E-state index contributed by atoms with van der Waals surface area (Å²) in [5.74, 6) is 1.30. The third kappa shape index (κ3) is 5.57. The number of fused-ring (bicyclic) bond motifs is 4. The van der Waals surface area contributed by atoms with Gasteiger partial charge in [0.2, 0.25) is 12.7 Å². The van der Waals surface area contributed by atoms with Crippen molar-refractivity contribution in [2.45, 2.75) is 25.3 Å². The molecule has 0 saturated heterocycles. The summed E-state index contributed by atoms with van der Waals surface area (Å²) < 4.78 is 18.0. The van der Waals surface area contributed by atoms with Gasteiger partial charge in [-0.25, -0.2) is 14.9 Å². The van der Waals surface area contributed by atoms with E-state index in [4.69, 9.17) is 14.2 Å². The molecule has 4 aromatic rings. The van der Waals surface area contributed by atoms with Crippen LogP contribution in [0.2, 0.25) is 0 Å². The van der Waals surface area contributed by atoms with Gasteiger partial charge in [-0.05, 0) is 18.1 Å². The summed E-state index contributed by atoms with van der Waals surface area (Å²) in [5, 5.41) is 4.40. The molecule has 38 heavy (non-hydrogen) atoms. The molecule has 3 heterocycles. The number of methoxy groups -OCH3 is 3. The van der Waals surface area contributed by atoms with Gasteiger partial charge in [0.1, 0.15) is 22.7 Å². The molecule has 11 nitrogen and oxygen atoms in total. The van der Waals surface area contributed by atoms with Crippen LogP contribution in [0.15, 0.2) is 23.3 Å². The molecule has 1 aliphatic rings. The Morgan fingerprint density at radius 3 is 2.68 bits per heavy atom. The average Bonchev–Trinajstić information content (AvgIpc) is 3.48. The minimum Gasteiger partial charge on any atom is -0.494 e. The van der Waals surface area contributed by atoms with Crippen LogP contribution in [0.4, 0.5) is 11.5 Å². The average molecular weight is 560 g/mol. The van der Waals surface area contributed by atoms with E-state index in [0.29, 0.717) is 51.0 Å². The molecule has 1 atom stereocenters. The van der Waals surface area contributed by atoms with Crippen molar-refractivity contribution in [3.05, 3.63) is 43.5 Å². The molecule has 1 aromatic carbocycles. The normalized spacial score (nSPS) is 15.3. The van der Waals surface area contributed by atoms with Gasteiger partial charge in [-0.2, -0.15) is 0 Å². The number of aryl methyl sites for hydroxylation is 1. The Morgan fingerprint density at radius 1 is 1.16 bits per heavy atom. The van der Waals surface area contributed by atoms with E-state index in [1.54, 1.807) is 39.0 Å². The summed E-state index contributed by atoms with van der Waals surface area (Å²) in [5.41, 5.74) is 2.65. The van der Waals surface area contributed by atoms with Crippen molar-refractivity contribution in [2.24, 2.45) is 0 Å². The Hall–Kier alpha value is -2.97. The summed E-state index contributed by atoms with van der Waals surface area (Å²) in [6.45, 7) is 2.81. The van der Waals surface area contributed by atoms with E-state index in [9.17, 15) is 9.70 Å². The molecule has 0 saturated carbocycles. The largest absolute Gasteiger partial charge is 0.494 e. The molecular formula is C25H31N6O5S2+. The number of H-pyrrole nitrogens is 1. The summed E-state index contributed by atoms with van der Waals surface area (Å²) in [7, 11) is 4.92. The lowest BCUT2D eigenvalue weighted by Crippen LogP contribution is -2.41. The third-order valence-electron chi connectivity index (χ3n) is 6.78. The van der Waals surface area contributed by atoms with Crippen LogP contribution in [-0.4, -0.2) is 85.0 Å². The Kier molecular flexibility index (Phi) is 8.29. The minimum atomic E-state index is -0.113. The predicted octanol–water partition coefficient (Wildman–Crippen LogP) is 3.54. The number of nitrogens with zero attached hydrogens (tertiary/aromatic N) is 4. The van der Waals surface area contributed by atoms with Gasteiger partial charge in [0.05, 0.1) is 41.6 Å². The number of hydrogen-bond acceptors (Lipinski definition) is 11. The molecule has 202 valence electrons. The highest BCUT2D eigenvalue weighted by atomic mass is 32.1. The first-order valence-corrected chi connectivity index (χ1v) is 14.0. The van der Waals surface area contributed by atoms with Crippen LogP contribution in [0, 0.1) is 4.91 Å². The number of aromatic nitrogens is 3. The lowest BCUT2D eigenvalue weighted by atomic mass is 9.93. The Bertz CT molecular complexity index is 1490. The van der Waals surface area contributed by atoms with Gasteiger partial charge in [0.25, 0.3) is 0 Å². The van der Waals surface area contributed by atoms with Crippen molar-refractivity contribution in [2.75, 3.05) is 59.6 Å². The zero-order valence-electron chi connectivity index (χ0n) is 21.6. The number of thiophene rings is 1. The fourth-order valence-corrected chi connectivity index (χ4v) is 6.83. The van der Waals surface area contributed by atoms with E-state index in [-0.39, 0.29) is 10.9 Å². The molecule has 2 N–H and O–H groups in total. The van der Waals surface area contributed by atoms with E-state index in [0.717, 1.165) is 50.3 Å². The monoisotopic (exact) mass is 559 g/mol. The second-order valence-electron chi connectivity index (χ2n) is 9.15. The molecule has 0 radical (unpaired) electrons. The van der Waals surface area contributed by atoms with Crippen LogP contribution in [-0.2, 0) is 22.3 Å². The Labute approximate surface area is 227 Å². The highest BCUT2D eigenvalue weighted by Gasteiger charge is 2.34. The van der Waals surface area contributed by atoms with Crippen molar-refractivity contribution in [3.63, 3.8) is 0 Å². The molecule has 0 fully saturated rings. The second-order valence-corrected chi connectivity index (χ2v) is 11.3. The molecule has 0 spiro atoms. The van der Waals surface area contributed by atoms with Gasteiger partial charge in [0.15, 0.2) is 0 Å². The first kappa shape index (κ1) is 26.6. The van der Waals surface area contributed by atoms with Crippen molar-refractivity contribution < 1.29 is 19.0 Å². The van der Waals surface area contributed by atoms with Crippen LogP contribution < -0.4 is 14.9 Å². The zero-order valence-corrected chi connectivity index (χ0v) is 23.2. The molecule has 0 bridgehead atoms. The standard InChI is InChI=1S/C25H30N6O5S2/c1-34-8-6-30(7-9-35-2)14-31(33)15-4-5-16-20(10-15)37-24-22(16)23(26-13-27-24)28-17-12-21-18(11-19(17)36-3)29-25(32)38-21/h11-13,15H,4-10,14H2,1-3H3,(H-,26,27,28,29,32)/p+1. The summed E-state index contributed by atoms with van der Waals surface area (Å²) in [6, 6.07) is 3.60. The van der Waals surface area contributed by atoms with E-state index in [1.807, 2.05) is 12.1 Å². The topological polar surface area (TPSA) is 122 Å². The van der Waals surface area contributed by atoms with Gasteiger partial charge in [-0.3, -0.25) is 4.79 Å². The van der Waals surface area contributed by atoms with E-state index in [1.165, 1.54) is 15.2 Å². The van der Waals surface area contributed by atoms with Crippen LogP contribution in [0.25, 0.3) is 20.4 Å². The van der Waals surface area contributed by atoms with Crippen molar-refractivity contribution in [1.82, 2.24) is 19.9 Å². The molecule has 1 unspecified atom stereocenters. The predicted molar refractivity (Wildman–Crippen MR) is 149 cm³/mol. The maximum Gasteiger partial charge on any atom is 0.305 e.